The van der Waals surface area contributed by atoms with E-state index in [9.17, 15) is 22.8 Å². The first-order valence-corrected chi connectivity index (χ1v) is 16.5. The molecule has 1 aromatic carbocycles. The third-order valence-electron chi connectivity index (χ3n) is 8.35. The molecular formula is C31H49N3O9S. The number of aliphatic carboxylic acids is 2. The van der Waals surface area contributed by atoms with Gasteiger partial charge in [0.2, 0.25) is 15.9 Å². The quantitative estimate of drug-likeness (QED) is 0.258. The normalized spacial score (nSPS) is 17.1. The summed E-state index contributed by atoms with van der Waals surface area (Å²) in [6, 6.07) is 4.07. The van der Waals surface area contributed by atoms with Gasteiger partial charge in [0.15, 0.2) is 0 Å². The third kappa shape index (κ3) is 11.2. The summed E-state index contributed by atoms with van der Waals surface area (Å²) in [6.07, 6.45) is 5.79. The molecule has 2 saturated heterocycles. The minimum absolute atomic E-state index is 0.00423. The highest BCUT2D eigenvalue weighted by Crippen LogP contribution is 2.33. The maximum Gasteiger partial charge on any atom is 0.328 e. The highest BCUT2D eigenvalue weighted by molar-refractivity contribution is 7.89. The Kier molecular flexibility index (Phi) is 14.8. The van der Waals surface area contributed by atoms with Crippen LogP contribution in [0, 0.1) is 25.7 Å². The maximum absolute atomic E-state index is 13.1. The van der Waals surface area contributed by atoms with Crippen molar-refractivity contribution in [1.82, 2.24) is 14.1 Å². The van der Waals surface area contributed by atoms with Crippen molar-refractivity contribution in [2.45, 2.75) is 64.3 Å². The van der Waals surface area contributed by atoms with Crippen LogP contribution in [-0.4, -0.2) is 117 Å². The monoisotopic (exact) mass is 639 g/mol. The zero-order valence-electron chi connectivity index (χ0n) is 26.8. The van der Waals surface area contributed by atoms with E-state index in [2.05, 4.69) is 18.7 Å². The molecule has 0 saturated carbocycles. The van der Waals surface area contributed by atoms with E-state index in [1.54, 1.807) is 40.1 Å². The molecule has 2 heterocycles. The van der Waals surface area contributed by atoms with Gasteiger partial charge in [0.25, 0.3) is 0 Å². The molecule has 1 aromatic rings. The Morgan fingerprint density at radius 1 is 0.955 bits per heavy atom. The number of carbonyl (C=O) groups is 3. The molecule has 2 N–H and O–H groups in total. The zero-order chi connectivity index (χ0) is 33.0. The number of sulfonamides is 1. The molecule has 2 aliphatic rings. The minimum atomic E-state index is -3.67. The lowest BCUT2D eigenvalue weighted by Gasteiger charge is -2.41. The Hall–Kier alpha value is -3.00. The van der Waals surface area contributed by atoms with Gasteiger partial charge in [-0.05, 0) is 102 Å². The standard InChI is InChI=1S/C27H45N3O5S.C4H4O4/c1-20(2)29-11-7-23(8-12-29)24-9-13-30(14-10-24)26(31)19-35-16-15-28(5)36(32,33)27-21(3)17-25(34-6)18-22(27)4;5-3(6)1-2-4(7)8/h17-18,20,23-24H,7-16,19H2,1-6H3;1-2H,(H,5,6)(H,7,8)/b;2-1+. The molecule has 0 radical (unpaired) electrons. The molecule has 248 valence electrons. The fourth-order valence-corrected chi connectivity index (χ4v) is 7.38. The van der Waals surface area contributed by atoms with Gasteiger partial charge >= 0.3 is 11.9 Å². The predicted molar refractivity (Wildman–Crippen MR) is 166 cm³/mol. The van der Waals surface area contributed by atoms with Crippen molar-refractivity contribution >= 4 is 27.9 Å². The largest absolute Gasteiger partial charge is 0.497 e. The number of rotatable bonds is 12. The summed E-state index contributed by atoms with van der Waals surface area (Å²) in [5.74, 6) is -0.388. The fourth-order valence-electron chi connectivity index (χ4n) is 5.83. The number of benzene rings is 1. The molecule has 44 heavy (non-hydrogen) atoms. The van der Waals surface area contributed by atoms with Crippen LogP contribution in [0.25, 0.3) is 0 Å². The van der Waals surface area contributed by atoms with Gasteiger partial charge in [-0.1, -0.05) is 0 Å². The molecule has 12 nitrogen and oxygen atoms in total. The van der Waals surface area contributed by atoms with Crippen LogP contribution in [-0.2, 0) is 29.1 Å². The Morgan fingerprint density at radius 2 is 1.43 bits per heavy atom. The highest BCUT2D eigenvalue weighted by Gasteiger charge is 2.31. The Labute approximate surface area is 261 Å². The first-order chi connectivity index (χ1) is 20.7. The van der Waals surface area contributed by atoms with Gasteiger partial charge in [-0.15, -0.1) is 0 Å². The second-order valence-electron chi connectivity index (χ2n) is 11.7. The van der Waals surface area contributed by atoms with Crippen molar-refractivity contribution in [3.8, 4) is 5.75 Å². The molecule has 0 atom stereocenters. The van der Waals surface area contributed by atoms with E-state index in [-0.39, 0.29) is 25.7 Å². The molecule has 1 amide bonds. The van der Waals surface area contributed by atoms with E-state index in [0.717, 1.165) is 31.8 Å². The number of carbonyl (C=O) groups excluding carboxylic acids is 1. The van der Waals surface area contributed by atoms with Gasteiger partial charge in [-0.25, -0.2) is 18.0 Å². The number of likely N-dealkylation sites (N-methyl/N-ethyl adjacent to an activating group) is 1. The molecule has 3 rings (SSSR count). The molecule has 13 heteroatoms. The molecule has 0 bridgehead atoms. The summed E-state index contributed by atoms with van der Waals surface area (Å²) >= 11 is 0. The Balaban J connectivity index is 0.000000742. The van der Waals surface area contributed by atoms with Crippen LogP contribution >= 0.6 is 0 Å². The molecule has 0 spiro atoms. The van der Waals surface area contributed by atoms with Crippen molar-refractivity contribution in [3.05, 3.63) is 35.4 Å². The SMILES string of the molecule is COc1cc(C)c(S(=O)(=O)N(C)CCOCC(=O)N2CCC(C3CCN(C(C)C)CC3)CC2)c(C)c1.O=C(O)/C=C/C(=O)O. The van der Waals surface area contributed by atoms with Crippen LogP contribution in [0.5, 0.6) is 5.75 Å². The number of methoxy groups -OCH3 is 1. The van der Waals surface area contributed by atoms with E-state index in [1.807, 2.05) is 4.90 Å². The first kappa shape index (κ1) is 37.2. The van der Waals surface area contributed by atoms with E-state index in [1.165, 1.54) is 30.2 Å². The van der Waals surface area contributed by atoms with Gasteiger partial charge in [0.1, 0.15) is 12.4 Å². The van der Waals surface area contributed by atoms with E-state index < -0.39 is 22.0 Å². The molecule has 0 aliphatic carbocycles. The number of likely N-dealkylation sites (tertiary alicyclic amines) is 2. The lowest BCUT2D eigenvalue weighted by Crippen LogP contribution is -2.45. The van der Waals surface area contributed by atoms with Crippen molar-refractivity contribution in [3.63, 3.8) is 0 Å². The van der Waals surface area contributed by atoms with Crippen LogP contribution in [0.4, 0.5) is 0 Å². The van der Waals surface area contributed by atoms with Crippen LogP contribution in [0.1, 0.15) is 50.7 Å². The average Bonchev–Trinajstić information content (AvgIpc) is 2.97. The maximum atomic E-state index is 13.1. The number of carboxylic acid groups (broad SMARTS) is 2. The lowest BCUT2D eigenvalue weighted by atomic mass is 9.78. The average molecular weight is 640 g/mol. The van der Waals surface area contributed by atoms with Crippen molar-refractivity contribution in [1.29, 1.82) is 0 Å². The smallest absolute Gasteiger partial charge is 0.328 e. The first-order valence-electron chi connectivity index (χ1n) is 15.0. The zero-order valence-corrected chi connectivity index (χ0v) is 27.6. The van der Waals surface area contributed by atoms with E-state index in [4.69, 9.17) is 19.7 Å². The predicted octanol–water partition coefficient (Wildman–Crippen LogP) is 3.02. The molecular weight excluding hydrogens is 590 g/mol. The summed E-state index contributed by atoms with van der Waals surface area (Å²) in [7, 11) is -0.569. The van der Waals surface area contributed by atoms with Gasteiger partial charge in [-0.3, -0.25) is 4.79 Å². The van der Waals surface area contributed by atoms with Gasteiger partial charge in [0.05, 0.1) is 18.6 Å². The number of nitrogens with zero attached hydrogens (tertiary/aromatic N) is 3. The molecule has 2 fully saturated rings. The number of piperidine rings is 2. The van der Waals surface area contributed by atoms with E-state index in [0.29, 0.717) is 45.9 Å². The lowest BCUT2D eigenvalue weighted by molar-refractivity contribution is -0.138. The summed E-state index contributed by atoms with van der Waals surface area (Å²) < 4.78 is 38.4. The summed E-state index contributed by atoms with van der Waals surface area (Å²) in [5, 5.41) is 15.6. The Bertz CT molecular complexity index is 1210. The number of aryl methyl sites for hydroxylation is 2. The summed E-state index contributed by atoms with van der Waals surface area (Å²) in [6.45, 7) is 12.4. The number of hydrogen-bond donors (Lipinski definition) is 2. The van der Waals surface area contributed by atoms with Gasteiger partial charge in [0, 0.05) is 44.9 Å². The Morgan fingerprint density at radius 3 is 1.86 bits per heavy atom. The third-order valence-corrected chi connectivity index (χ3v) is 10.5. The topological polar surface area (TPSA) is 154 Å². The van der Waals surface area contributed by atoms with Crippen molar-refractivity contribution in [2.75, 3.05) is 60.1 Å². The molecule has 0 aromatic heterocycles. The van der Waals surface area contributed by atoms with Crippen LogP contribution in [0.2, 0.25) is 0 Å². The van der Waals surface area contributed by atoms with Crippen LogP contribution in [0.15, 0.2) is 29.2 Å². The number of ether oxygens (including phenoxy) is 2. The van der Waals surface area contributed by atoms with E-state index >= 15 is 0 Å². The van der Waals surface area contributed by atoms with Crippen molar-refractivity contribution < 1.29 is 42.5 Å². The summed E-state index contributed by atoms with van der Waals surface area (Å²) in [4.78, 5) is 36.5. The second-order valence-corrected chi connectivity index (χ2v) is 13.6. The number of carboxylic acids is 2. The summed E-state index contributed by atoms with van der Waals surface area (Å²) in [5.41, 5.74) is 1.28. The van der Waals surface area contributed by atoms with Gasteiger partial charge in [-0.2, -0.15) is 4.31 Å². The fraction of sp³-hybridized carbons (Fsp3) is 0.645. The van der Waals surface area contributed by atoms with Crippen LogP contribution in [0.3, 0.4) is 0 Å². The minimum Gasteiger partial charge on any atom is -0.497 e. The van der Waals surface area contributed by atoms with Crippen molar-refractivity contribution in [2.24, 2.45) is 11.8 Å². The molecule has 2 aliphatic heterocycles. The van der Waals surface area contributed by atoms with Gasteiger partial charge < -0.3 is 29.5 Å². The molecule has 0 unspecified atom stereocenters. The number of hydrogen-bond acceptors (Lipinski definition) is 8. The van der Waals surface area contributed by atoms with Crippen LogP contribution < -0.4 is 4.74 Å². The second kappa shape index (κ2) is 17.5. The number of amides is 1. The highest BCUT2D eigenvalue weighted by atomic mass is 32.2.